The second-order valence-electron chi connectivity index (χ2n) is 2.65. The average molecular weight is 205 g/mol. The summed E-state index contributed by atoms with van der Waals surface area (Å²) in [6, 6.07) is 1.83. The molecule has 0 saturated heterocycles. The Morgan fingerprint density at radius 3 is 2.43 bits per heavy atom. The van der Waals surface area contributed by atoms with Crippen LogP contribution in [0, 0.1) is 6.92 Å². The van der Waals surface area contributed by atoms with Gasteiger partial charge >= 0.3 is 12.1 Å². The van der Waals surface area contributed by atoms with Crippen molar-refractivity contribution >= 4 is 5.97 Å². The predicted octanol–water partition coefficient (Wildman–Crippen LogP) is 2.11. The van der Waals surface area contributed by atoms with Crippen molar-refractivity contribution in [3.05, 3.63) is 29.1 Å². The van der Waals surface area contributed by atoms with Crippen molar-refractivity contribution in [1.29, 1.82) is 0 Å². The Labute approximate surface area is 77.2 Å². The number of hydrogen-bond acceptors (Lipinski definition) is 2. The van der Waals surface area contributed by atoms with Gasteiger partial charge in [0.2, 0.25) is 0 Å². The number of pyridine rings is 1. The predicted molar refractivity (Wildman–Crippen MR) is 40.9 cm³/mol. The highest BCUT2D eigenvalue weighted by Crippen LogP contribution is 2.31. The maximum atomic E-state index is 12.2. The number of rotatable bonds is 1. The van der Waals surface area contributed by atoms with Crippen molar-refractivity contribution in [3.8, 4) is 0 Å². The molecule has 3 nitrogen and oxygen atoms in total. The van der Waals surface area contributed by atoms with Gasteiger partial charge in [-0.1, -0.05) is 0 Å². The molecule has 0 spiro atoms. The number of halogens is 3. The first-order valence-electron chi connectivity index (χ1n) is 3.60. The average Bonchev–Trinajstić information content (AvgIpc) is 2.01. The zero-order valence-corrected chi connectivity index (χ0v) is 7.09. The van der Waals surface area contributed by atoms with Gasteiger partial charge in [-0.2, -0.15) is 13.2 Å². The van der Waals surface area contributed by atoms with Crippen molar-refractivity contribution in [3.63, 3.8) is 0 Å². The number of nitrogens with zero attached hydrogens (tertiary/aromatic N) is 1. The Morgan fingerprint density at radius 2 is 2.00 bits per heavy atom. The van der Waals surface area contributed by atoms with E-state index >= 15 is 0 Å². The van der Waals surface area contributed by atoms with Crippen molar-refractivity contribution in [1.82, 2.24) is 4.98 Å². The molecule has 14 heavy (non-hydrogen) atoms. The van der Waals surface area contributed by atoms with Gasteiger partial charge in [-0.15, -0.1) is 0 Å². The van der Waals surface area contributed by atoms with E-state index in [0.717, 1.165) is 6.07 Å². The standard InChI is InChI=1S/C8H6F3NO2/c1-4-2-3-5(8(9,10)11)6(12-4)7(13)14/h2-3H,1H3,(H,13,14). The lowest BCUT2D eigenvalue weighted by molar-refractivity contribution is -0.138. The summed E-state index contributed by atoms with van der Waals surface area (Å²) in [5, 5.41) is 8.49. The Balaban J connectivity index is 3.37. The Hall–Kier alpha value is -1.59. The number of carbonyl (C=O) groups is 1. The number of aryl methyl sites for hydroxylation is 1. The molecule has 0 aliphatic carbocycles. The van der Waals surface area contributed by atoms with Gasteiger partial charge in [-0.3, -0.25) is 0 Å². The summed E-state index contributed by atoms with van der Waals surface area (Å²) in [6.07, 6.45) is -4.69. The molecular weight excluding hydrogens is 199 g/mol. The first-order valence-corrected chi connectivity index (χ1v) is 3.60. The molecule has 76 valence electrons. The van der Waals surface area contributed by atoms with Crippen LogP contribution >= 0.6 is 0 Å². The van der Waals surface area contributed by atoms with Crippen LogP contribution in [0.2, 0.25) is 0 Å². The van der Waals surface area contributed by atoms with Gasteiger partial charge in [0.05, 0.1) is 5.56 Å². The van der Waals surface area contributed by atoms with E-state index in [0.29, 0.717) is 6.07 Å². The minimum Gasteiger partial charge on any atom is -0.476 e. The van der Waals surface area contributed by atoms with Gasteiger partial charge in [0.15, 0.2) is 5.69 Å². The molecule has 0 aliphatic rings. The van der Waals surface area contributed by atoms with Crippen LogP contribution in [-0.2, 0) is 6.18 Å². The summed E-state index contributed by atoms with van der Waals surface area (Å²) in [4.78, 5) is 13.8. The molecule has 0 saturated carbocycles. The van der Waals surface area contributed by atoms with Gasteiger partial charge in [-0.25, -0.2) is 9.78 Å². The number of alkyl halides is 3. The maximum Gasteiger partial charge on any atom is 0.418 e. The Morgan fingerprint density at radius 1 is 1.43 bits per heavy atom. The lowest BCUT2D eigenvalue weighted by Gasteiger charge is -2.09. The summed E-state index contributed by atoms with van der Waals surface area (Å²) < 4.78 is 36.7. The normalized spacial score (nSPS) is 11.4. The molecule has 0 bridgehead atoms. The van der Waals surface area contributed by atoms with E-state index in [1.165, 1.54) is 6.92 Å². The first kappa shape index (κ1) is 10.5. The third-order valence-electron chi connectivity index (χ3n) is 1.54. The molecule has 1 aromatic heterocycles. The molecule has 1 aromatic rings. The van der Waals surface area contributed by atoms with E-state index < -0.39 is 23.4 Å². The SMILES string of the molecule is Cc1ccc(C(F)(F)F)c(C(=O)O)n1. The number of aromatic nitrogens is 1. The van der Waals surface area contributed by atoms with Crippen LogP contribution in [0.15, 0.2) is 12.1 Å². The lowest BCUT2D eigenvalue weighted by atomic mass is 10.1. The van der Waals surface area contributed by atoms with Gasteiger partial charge < -0.3 is 5.11 Å². The van der Waals surface area contributed by atoms with Gasteiger partial charge in [0, 0.05) is 5.69 Å². The second kappa shape index (κ2) is 3.28. The molecule has 1 N–H and O–H groups in total. The highest BCUT2D eigenvalue weighted by Gasteiger charge is 2.36. The Bertz CT molecular complexity index is 373. The molecule has 0 atom stereocenters. The zero-order valence-electron chi connectivity index (χ0n) is 7.09. The summed E-state index contributed by atoms with van der Waals surface area (Å²) >= 11 is 0. The highest BCUT2D eigenvalue weighted by atomic mass is 19.4. The second-order valence-corrected chi connectivity index (χ2v) is 2.65. The van der Waals surface area contributed by atoms with E-state index in [1.807, 2.05) is 0 Å². The molecule has 6 heteroatoms. The maximum absolute atomic E-state index is 12.2. The van der Waals surface area contributed by atoms with Crippen molar-refractivity contribution in [2.45, 2.75) is 13.1 Å². The van der Waals surface area contributed by atoms with Crippen LogP contribution in [0.3, 0.4) is 0 Å². The number of carboxylic acid groups (broad SMARTS) is 1. The van der Waals surface area contributed by atoms with Crippen LogP contribution in [0.5, 0.6) is 0 Å². The molecule has 0 unspecified atom stereocenters. The van der Waals surface area contributed by atoms with E-state index in [4.69, 9.17) is 5.11 Å². The van der Waals surface area contributed by atoms with Gasteiger partial charge in [0.25, 0.3) is 0 Å². The quantitative estimate of drug-likeness (QED) is 0.763. The number of carboxylic acids is 1. The van der Waals surface area contributed by atoms with Crippen LogP contribution in [-0.4, -0.2) is 16.1 Å². The summed E-state index contributed by atoms with van der Waals surface area (Å²) in [5.41, 5.74) is -1.96. The van der Waals surface area contributed by atoms with E-state index in [9.17, 15) is 18.0 Å². The summed E-state index contributed by atoms with van der Waals surface area (Å²) in [7, 11) is 0. The summed E-state index contributed by atoms with van der Waals surface area (Å²) in [6.45, 7) is 1.42. The van der Waals surface area contributed by atoms with E-state index in [2.05, 4.69) is 4.98 Å². The van der Waals surface area contributed by atoms with E-state index in [1.54, 1.807) is 0 Å². The molecule has 1 heterocycles. The molecular formula is C8H6F3NO2. The monoisotopic (exact) mass is 205 g/mol. The molecule has 1 rings (SSSR count). The molecule has 0 aromatic carbocycles. The first-order chi connectivity index (χ1) is 6.32. The van der Waals surface area contributed by atoms with Crippen molar-refractivity contribution in [2.24, 2.45) is 0 Å². The molecule has 0 fully saturated rings. The highest BCUT2D eigenvalue weighted by molar-refractivity contribution is 5.87. The van der Waals surface area contributed by atoms with Gasteiger partial charge in [-0.05, 0) is 19.1 Å². The summed E-state index contributed by atoms with van der Waals surface area (Å²) in [5.74, 6) is -1.68. The third kappa shape index (κ3) is 2.01. The van der Waals surface area contributed by atoms with Gasteiger partial charge in [0.1, 0.15) is 0 Å². The van der Waals surface area contributed by atoms with Crippen LogP contribution < -0.4 is 0 Å². The fraction of sp³-hybridized carbons (Fsp3) is 0.250. The lowest BCUT2D eigenvalue weighted by Crippen LogP contribution is -2.15. The number of aromatic carboxylic acids is 1. The van der Waals surface area contributed by atoms with Crippen LogP contribution in [0.25, 0.3) is 0 Å². The topological polar surface area (TPSA) is 50.2 Å². The zero-order chi connectivity index (χ0) is 10.9. The van der Waals surface area contributed by atoms with E-state index in [-0.39, 0.29) is 5.69 Å². The molecule has 0 radical (unpaired) electrons. The smallest absolute Gasteiger partial charge is 0.418 e. The van der Waals surface area contributed by atoms with Crippen LogP contribution in [0.1, 0.15) is 21.7 Å². The van der Waals surface area contributed by atoms with Crippen molar-refractivity contribution < 1.29 is 23.1 Å². The minimum atomic E-state index is -4.69. The largest absolute Gasteiger partial charge is 0.476 e. The fourth-order valence-electron chi connectivity index (χ4n) is 0.948. The Kier molecular flexibility index (Phi) is 2.46. The minimum absolute atomic E-state index is 0.232. The molecule has 0 aliphatic heterocycles. The van der Waals surface area contributed by atoms with Crippen molar-refractivity contribution in [2.75, 3.05) is 0 Å². The molecule has 0 amide bonds. The number of hydrogen-bond donors (Lipinski definition) is 1. The fourth-order valence-corrected chi connectivity index (χ4v) is 0.948. The third-order valence-corrected chi connectivity index (χ3v) is 1.54. The van der Waals surface area contributed by atoms with Crippen LogP contribution in [0.4, 0.5) is 13.2 Å².